The van der Waals surface area contributed by atoms with Gasteiger partial charge in [-0.3, -0.25) is 9.59 Å². The van der Waals surface area contributed by atoms with Crippen LogP contribution in [-0.2, 0) is 20.7 Å². The van der Waals surface area contributed by atoms with Gasteiger partial charge in [-0.15, -0.1) is 0 Å². The maximum Gasteiger partial charge on any atom is 0.409 e. The molecule has 0 spiro atoms. The molecule has 0 bridgehead atoms. The number of rotatable bonds is 8. The van der Waals surface area contributed by atoms with E-state index in [2.05, 4.69) is 30.4 Å². The molecular formula is C26H39ClN4O4. The highest BCUT2D eigenvalue weighted by Gasteiger charge is 2.37. The van der Waals surface area contributed by atoms with Gasteiger partial charge in [0.1, 0.15) is 0 Å². The van der Waals surface area contributed by atoms with Crippen LogP contribution in [-0.4, -0.2) is 91.1 Å². The van der Waals surface area contributed by atoms with Crippen molar-refractivity contribution < 1.29 is 19.1 Å². The minimum absolute atomic E-state index is 0.0413. The molecular weight excluding hydrogens is 468 g/mol. The Morgan fingerprint density at radius 3 is 2.34 bits per heavy atom. The van der Waals surface area contributed by atoms with E-state index >= 15 is 0 Å². The molecule has 1 aliphatic carbocycles. The molecule has 1 aromatic rings. The van der Waals surface area contributed by atoms with Gasteiger partial charge < -0.3 is 24.8 Å². The maximum atomic E-state index is 12.6. The van der Waals surface area contributed by atoms with Gasteiger partial charge >= 0.3 is 6.09 Å². The summed E-state index contributed by atoms with van der Waals surface area (Å²) >= 11 is 6.19. The van der Waals surface area contributed by atoms with E-state index in [1.807, 2.05) is 18.2 Å². The van der Waals surface area contributed by atoms with Gasteiger partial charge in [-0.1, -0.05) is 23.7 Å². The molecule has 1 N–H and O–H groups in total. The normalized spacial score (nSPS) is 22.7. The molecule has 2 aliphatic rings. The Kier molecular flexibility index (Phi) is 9.80. The number of ether oxygens (including phenoxy) is 1. The first-order valence-corrected chi connectivity index (χ1v) is 13.0. The minimum atomic E-state index is -0.336. The van der Waals surface area contributed by atoms with Gasteiger partial charge in [0.15, 0.2) is 0 Å². The highest BCUT2D eigenvalue weighted by atomic mass is 35.5. The zero-order valence-corrected chi connectivity index (χ0v) is 22.0. The number of carbonyl (C=O) groups is 3. The summed E-state index contributed by atoms with van der Waals surface area (Å²) in [7, 11) is 4.25. The van der Waals surface area contributed by atoms with Crippen LogP contribution in [0.2, 0.25) is 5.02 Å². The molecule has 1 aliphatic heterocycles. The Hall–Kier alpha value is -2.32. The van der Waals surface area contributed by atoms with E-state index in [4.69, 9.17) is 16.3 Å². The van der Waals surface area contributed by atoms with E-state index in [-0.39, 0.29) is 42.3 Å². The predicted octanol–water partition coefficient (Wildman–Crippen LogP) is 3.32. The summed E-state index contributed by atoms with van der Waals surface area (Å²) in [6, 6.07) is 8.19. The summed E-state index contributed by atoms with van der Waals surface area (Å²) in [6.45, 7) is 3.98. The second-order valence-corrected chi connectivity index (χ2v) is 10.3. The summed E-state index contributed by atoms with van der Waals surface area (Å²) < 4.78 is 5.01. The van der Waals surface area contributed by atoms with Gasteiger partial charge in [-0.05, 0) is 70.8 Å². The number of nitrogens with zero attached hydrogens (tertiary/aromatic N) is 3. The number of likely N-dealkylation sites (N-methyl/N-ethyl adjacent to an activating group) is 1. The molecule has 3 amide bonds. The van der Waals surface area contributed by atoms with Gasteiger partial charge in [0.25, 0.3) is 0 Å². The molecule has 1 saturated carbocycles. The lowest BCUT2D eigenvalue weighted by molar-refractivity contribution is -0.135. The number of benzene rings is 1. The van der Waals surface area contributed by atoms with Gasteiger partial charge in [-0.2, -0.15) is 0 Å². The van der Waals surface area contributed by atoms with Crippen molar-refractivity contribution in [2.75, 3.05) is 46.9 Å². The summed E-state index contributed by atoms with van der Waals surface area (Å²) in [5.41, 5.74) is 1.28. The third-order valence-corrected chi connectivity index (χ3v) is 7.61. The minimum Gasteiger partial charge on any atom is -0.450 e. The van der Waals surface area contributed by atoms with Crippen LogP contribution in [0.25, 0.3) is 0 Å². The molecule has 1 heterocycles. The van der Waals surface area contributed by atoms with Crippen molar-refractivity contribution in [2.24, 2.45) is 0 Å². The second-order valence-electron chi connectivity index (χ2n) is 9.83. The zero-order valence-electron chi connectivity index (χ0n) is 21.2. The summed E-state index contributed by atoms with van der Waals surface area (Å²) in [5, 5.41) is 3.90. The van der Waals surface area contributed by atoms with Crippen molar-refractivity contribution in [3.8, 4) is 0 Å². The lowest BCUT2D eigenvalue weighted by Gasteiger charge is -2.45. The second kappa shape index (κ2) is 12.6. The van der Waals surface area contributed by atoms with Crippen LogP contribution in [0.3, 0.4) is 0 Å². The van der Waals surface area contributed by atoms with Crippen LogP contribution in [0.15, 0.2) is 24.3 Å². The van der Waals surface area contributed by atoms with Crippen molar-refractivity contribution >= 4 is 29.5 Å². The first kappa shape index (κ1) is 27.3. The smallest absolute Gasteiger partial charge is 0.409 e. The fraction of sp³-hybridized carbons (Fsp3) is 0.654. The van der Waals surface area contributed by atoms with Crippen molar-refractivity contribution in [3.05, 3.63) is 34.9 Å². The highest BCUT2D eigenvalue weighted by molar-refractivity contribution is 6.30. The molecule has 2 fully saturated rings. The van der Waals surface area contributed by atoms with Crippen LogP contribution < -0.4 is 5.32 Å². The molecule has 35 heavy (non-hydrogen) atoms. The third-order valence-electron chi connectivity index (χ3n) is 7.38. The fourth-order valence-electron chi connectivity index (χ4n) is 5.14. The van der Waals surface area contributed by atoms with Crippen molar-refractivity contribution in [1.82, 2.24) is 20.0 Å². The Morgan fingerprint density at radius 2 is 1.74 bits per heavy atom. The molecule has 1 aromatic carbocycles. The van der Waals surface area contributed by atoms with E-state index in [1.165, 1.54) is 5.56 Å². The van der Waals surface area contributed by atoms with Crippen LogP contribution >= 0.6 is 11.6 Å². The number of nitrogens with one attached hydrogen (secondary N) is 1. The Balaban J connectivity index is 1.40. The molecule has 194 valence electrons. The Labute approximate surface area is 213 Å². The number of hydrogen-bond donors (Lipinski definition) is 1. The first-order chi connectivity index (χ1) is 16.7. The topological polar surface area (TPSA) is 82.2 Å². The molecule has 9 heteroatoms. The Bertz CT molecular complexity index is 878. The number of halogens is 1. The van der Waals surface area contributed by atoms with Crippen LogP contribution in [0, 0.1) is 0 Å². The monoisotopic (exact) mass is 506 g/mol. The fourth-order valence-corrected chi connectivity index (χ4v) is 5.35. The largest absolute Gasteiger partial charge is 0.450 e. The summed E-state index contributed by atoms with van der Waals surface area (Å²) in [6.07, 6.45) is 4.77. The number of piperazine rings is 1. The highest BCUT2D eigenvalue weighted by Crippen LogP contribution is 2.36. The first-order valence-electron chi connectivity index (χ1n) is 12.6. The molecule has 0 unspecified atom stereocenters. The maximum absolute atomic E-state index is 12.6. The standard InChI is InChI=1S/C26H39ClN4O4/c1-4-35-25(34)31-16-14-30(15-17-31)24(33)9-8-23(32)28-22-10-12-26(13-11-22,29(2)3)19-20-6-5-7-21(27)18-20/h5-7,18,22H,4,8-17,19H2,1-3H3,(H,28,32). The van der Waals surface area contributed by atoms with Gasteiger partial charge in [-0.25, -0.2) is 4.79 Å². The third kappa shape index (κ3) is 7.58. The average molecular weight is 507 g/mol. The SMILES string of the molecule is CCOC(=O)N1CCN(C(=O)CCC(=O)NC2CCC(Cc3cccc(Cl)c3)(N(C)C)CC2)CC1. The molecule has 0 aromatic heterocycles. The lowest BCUT2D eigenvalue weighted by atomic mass is 9.75. The van der Waals surface area contributed by atoms with Gasteiger partial charge in [0.2, 0.25) is 11.8 Å². The van der Waals surface area contributed by atoms with E-state index in [9.17, 15) is 14.4 Å². The van der Waals surface area contributed by atoms with Crippen molar-refractivity contribution in [1.29, 1.82) is 0 Å². The molecule has 1 saturated heterocycles. The van der Waals surface area contributed by atoms with Crippen LogP contribution in [0.4, 0.5) is 4.79 Å². The summed E-state index contributed by atoms with van der Waals surface area (Å²) in [5.74, 6) is -0.110. The number of hydrogen-bond acceptors (Lipinski definition) is 5. The predicted molar refractivity (Wildman–Crippen MR) is 136 cm³/mol. The van der Waals surface area contributed by atoms with Gasteiger partial charge in [0.05, 0.1) is 6.61 Å². The van der Waals surface area contributed by atoms with E-state index in [1.54, 1.807) is 16.7 Å². The molecule has 0 radical (unpaired) electrons. The number of carbonyl (C=O) groups excluding carboxylic acids is 3. The molecule has 8 nitrogen and oxygen atoms in total. The van der Waals surface area contributed by atoms with Gasteiger partial charge in [0, 0.05) is 55.6 Å². The van der Waals surface area contributed by atoms with Crippen LogP contribution in [0.1, 0.15) is 51.0 Å². The lowest BCUT2D eigenvalue weighted by Crippen LogP contribution is -2.52. The van der Waals surface area contributed by atoms with Crippen molar-refractivity contribution in [2.45, 2.75) is 63.5 Å². The van der Waals surface area contributed by atoms with Crippen molar-refractivity contribution in [3.63, 3.8) is 0 Å². The number of amides is 3. The Morgan fingerprint density at radius 1 is 1.09 bits per heavy atom. The van der Waals surface area contributed by atoms with E-state index < -0.39 is 0 Å². The van der Waals surface area contributed by atoms with E-state index in [0.717, 1.165) is 37.1 Å². The molecule has 0 atom stereocenters. The molecule has 3 rings (SSSR count). The van der Waals surface area contributed by atoms with E-state index in [0.29, 0.717) is 32.8 Å². The van der Waals surface area contributed by atoms with Crippen LogP contribution in [0.5, 0.6) is 0 Å². The average Bonchev–Trinajstić information content (AvgIpc) is 2.84. The zero-order chi connectivity index (χ0) is 25.4. The quantitative estimate of drug-likeness (QED) is 0.585. The summed E-state index contributed by atoms with van der Waals surface area (Å²) in [4.78, 5) is 42.6.